The summed E-state index contributed by atoms with van der Waals surface area (Å²) in [6.07, 6.45) is -0.210. The summed E-state index contributed by atoms with van der Waals surface area (Å²) < 4.78 is 4.98. The SMILES string of the molecule is COC1CN(Cc2ccccc2)C1=O. The normalized spacial score (nSPS) is 20.8. The highest BCUT2D eigenvalue weighted by atomic mass is 16.5. The van der Waals surface area contributed by atoms with Crippen LogP contribution < -0.4 is 0 Å². The van der Waals surface area contributed by atoms with Gasteiger partial charge in [-0.15, -0.1) is 0 Å². The second-order valence-corrected chi connectivity index (χ2v) is 3.43. The third kappa shape index (κ3) is 1.63. The van der Waals surface area contributed by atoms with Crippen LogP contribution in [0, 0.1) is 0 Å². The fourth-order valence-electron chi connectivity index (χ4n) is 1.58. The summed E-state index contributed by atoms with van der Waals surface area (Å²) in [6.45, 7) is 1.41. The van der Waals surface area contributed by atoms with Crippen LogP contribution in [-0.4, -0.2) is 30.6 Å². The van der Waals surface area contributed by atoms with Crippen molar-refractivity contribution < 1.29 is 9.53 Å². The number of ether oxygens (including phenoxy) is 1. The first-order valence-electron chi connectivity index (χ1n) is 4.67. The van der Waals surface area contributed by atoms with Gasteiger partial charge in [0.05, 0.1) is 6.54 Å². The molecule has 1 aliphatic rings. The fraction of sp³-hybridized carbons (Fsp3) is 0.364. The van der Waals surface area contributed by atoms with Crippen molar-refractivity contribution in [2.75, 3.05) is 13.7 Å². The van der Waals surface area contributed by atoms with Gasteiger partial charge in [-0.05, 0) is 5.56 Å². The van der Waals surface area contributed by atoms with Gasteiger partial charge in [-0.3, -0.25) is 4.79 Å². The number of hydrogen-bond acceptors (Lipinski definition) is 2. The van der Waals surface area contributed by atoms with Crippen molar-refractivity contribution in [3.05, 3.63) is 35.9 Å². The Morgan fingerprint density at radius 1 is 1.43 bits per heavy atom. The van der Waals surface area contributed by atoms with Gasteiger partial charge in [0, 0.05) is 13.7 Å². The molecule has 1 fully saturated rings. The first-order valence-corrected chi connectivity index (χ1v) is 4.67. The summed E-state index contributed by atoms with van der Waals surface area (Å²) in [4.78, 5) is 13.2. The molecule has 0 aromatic heterocycles. The number of hydrogen-bond donors (Lipinski definition) is 0. The van der Waals surface area contributed by atoms with Gasteiger partial charge in [0.1, 0.15) is 0 Å². The Morgan fingerprint density at radius 2 is 2.14 bits per heavy atom. The topological polar surface area (TPSA) is 29.5 Å². The quantitative estimate of drug-likeness (QED) is 0.668. The smallest absolute Gasteiger partial charge is 0.253 e. The first kappa shape index (κ1) is 9.21. The molecule has 1 saturated heterocycles. The van der Waals surface area contributed by atoms with E-state index in [2.05, 4.69) is 0 Å². The average molecular weight is 191 g/mol. The summed E-state index contributed by atoms with van der Waals surface area (Å²) in [5.74, 6) is 0.0938. The van der Waals surface area contributed by atoms with Crippen molar-refractivity contribution in [2.24, 2.45) is 0 Å². The van der Waals surface area contributed by atoms with Crippen LogP contribution in [0.5, 0.6) is 0 Å². The molecule has 0 spiro atoms. The number of rotatable bonds is 3. The molecular formula is C11H13NO2. The number of carbonyl (C=O) groups is 1. The van der Waals surface area contributed by atoms with Crippen molar-refractivity contribution in [3.8, 4) is 0 Å². The van der Waals surface area contributed by atoms with Gasteiger partial charge in [0.25, 0.3) is 5.91 Å². The lowest BCUT2D eigenvalue weighted by molar-refractivity contribution is -0.159. The number of nitrogens with zero attached hydrogens (tertiary/aromatic N) is 1. The largest absolute Gasteiger partial charge is 0.370 e. The second-order valence-electron chi connectivity index (χ2n) is 3.43. The Morgan fingerprint density at radius 3 is 2.71 bits per heavy atom. The number of benzene rings is 1. The minimum absolute atomic E-state index is 0.0938. The molecule has 1 aliphatic heterocycles. The van der Waals surface area contributed by atoms with Crippen LogP contribution in [0.1, 0.15) is 5.56 Å². The molecule has 0 aliphatic carbocycles. The van der Waals surface area contributed by atoms with E-state index >= 15 is 0 Å². The fourth-order valence-corrected chi connectivity index (χ4v) is 1.58. The van der Waals surface area contributed by atoms with Crippen molar-refractivity contribution in [3.63, 3.8) is 0 Å². The monoisotopic (exact) mass is 191 g/mol. The van der Waals surface area contributed by atoms with E-state index in [1.165, 1.54) is 0 Å². The van der Waals surface area contributed by atoms with Crippen molar-refractivity contribution in [1.82, 2.24) is 4.90 Å². The third-order valence-electron chi connectivity index (χ3n) is 2.47. The molecule has 14 heavy (non-hydrogen) atoms. The summed E-state index contributed by atoms with van der Waals surface area (Å²) >= 11 is 0. The zero-order chi connectivity index (χ0) is 9.97. The zero-order valence-electron chi connectivity index (χ0n) is 8.14. The van der Waals surface area contributed by atoms with Crippen LogP contribution in [-0.2, 0) is 16.1 Å². The highest BCUT2D eigenvalue weighted by Gasteiger charge is 2.36. The minimum atomic E-state index is -0.210. The Kier molecular flexibility index (Phi) is 2.50. The van der Waals surface area contributed by atoms with E-state index in [0.29, 0.717) is 13.1 Å². The predicted molar refractivity (Wildman–Crippen MR) is 52.7 cm³/mol. The number of carbonyl (C=O) groups excluding carboxylic acids is 1. The molecule has 0 radical (unpaired) electrons. The van der Waals surface area contributed by atoms with Gasteiger partial charge in [-0.25, -0.2) is 0 Å². The Balaban J connectivity index is 1.92. The van der Waals surface area contributed by atoms with Gasteiger partial charge in [-0.1, -0.05) is 30.3 Å². The van der Waals surface area contributed by atoms with Gasteiger partial charge in [0.15, 0.2) is 6.10 Å². The lowest BCUT2D eigenvalue weighted by Gasteiger charge is -2.37. The Labute approximate surface area is 83.3 Å². The van der Waals surface area contributed by atoms with E-state index in [9.17, 15) is 4.79 Å². The van der Waals surface area contributed by atoms with Crippen molar-refractivity contribution in [2.45, 2.75) is 12.6 Å². The molecule has 74 valence electrons. The highest BCUT2D eigenvalue weighted by molar-refractivity contribution is 5.86. The summed E-state index contributed by atoms with van der Waals surface area (Å²) in [5.41, 5.74) is 1.16. The maximum atomic E-state index is 11.4. The number of amides is 1. The molecule has 1 amide bonds. The lowest BCUT2D eigenvalue weighted by atomic mass is 10.1. The number of methoxy groups -OCH3 is 1. The third-order valence-corrected chi connectivity index (χ3v) is 2.47. The summed E-state index contributed by atoms with van der Waals surface area (Å²) in [6, 6.07) is 9.97. The summed E-state index contributed by atoms with van der Waals surface area (Å²) in [7, 11) is 1.57. The molecule has 1 aromatic rings. The van der Waals surface area contributed by atoms with Crippen molar-refractivity contribution >= 4 is 5.91 Å². The van der Waals surface area contributed by atoms with Crippen LogP contribution in [0.2, 0.25) is 0 Å². The predicted octanol–water partition coefficient (Wildman–Crippen LogP) is 1.04. The molecule has 0 saturated carbocycles. The maximum Gasteiger partial charge on any atom is 0.253 e. The second kappa shape index (κ2) is 3.80. The molecule has 1 atom stereocenters. The molecule has 1 heterocycles. The van der Waals surface area contributed by atoms with Crippen LogP contribution >= 0.6 is 0 Å². The molecule has 1 aromatic carbocycles. The zero-order valence-corrected chi connectivity index (χ0v) is 8.14. The first-order chi connectivity index (χ1) is 6.81. The number of likely N-dealkylation sites (tertiary alicyclic amines) is 1. The molecule has 3 nitrogen and oxygen atoms in total. The summed E-state index contributed by atoms with van der Waals surface area (Å²) in [5, 5.41) is 0. The highest BCUT2D eigenvalue weighted by Crippen LogP contribution is 2.16. The number of β-lactam (4-membered cyclic amide) rings is 1. The van der Waals surface area contributed by atoms with Gasteiger partial charge in [-0.2, -0.15) is 0 Å². The Hall–Kier alpha value is -1.35. The van der Waals surface area contributed by atoms with E-state index in [1.54, 1.807) is 12.0 Å². The molecular weight excluding hydrogens is 178 g/mol. The lowest BCUT2D eigenvalue weighted by Crippen LogP contribution is -2.56. The van der Waals surface area contributed by atoms with E-state index in [-0.39, 0.29) is 12.0 Å². The van der Waals surface area contributed by atoms with E-state index in [4.69, 9.17) is 4.74 Å². The van der Waals surface area contributed by atoms with Crippen LogP contribution in [0.4, 0.5) is 0 Å². The maximum absolute atomic E-state index is 11.4. The minimum Gasteiger partial charge on any atom is -0.370 e. The Bertz CT molecular complexity index is 323. The molecule has 2 rings (SSSR count). The molecule has 1 unspecified atom stereocenters. The molecule has 3 heteroatoms. The van der Waals surface area contributed by atoms with E-state index in [1.807, 2.05) is 30.3 Å². The van der Waals surface area contributed by atoms with Crippen LogP contribution in [0.25, 0.3) is 0 Å². The van der Waals surface area contributed by atoms with Gasteiger partial charge >= 0.3 is 0 Å². The van der Waals surface area contributed by atoms with Crippen LogP contribution in [0.3, 0.4) is 0 Å². The van der Waals surface area contributed by atoms with E-state index < -0.39 is 0 Å². The average Bonchev–Trinajstić information content (AvgIpc) is 2.24. The standard InChI is InChI=1S/C11H13NO2/c1-14-10-8-12(11(10)13)7-9-5-3-2-4-6-9/h2-6,10H,7-8H2,1H3. The van der Waals surface area contributed by atoms with Gasteiger partial charge < -0.3 is 9.64 Å². The molecule has 0 bridgehead atoms. The van der Waals surface area contributed by atoms with E-state index in [0.717, 1.165) is 5.56 Å². The van der Waals surface area contributed by atoms with Crippen molar-refractivity contribution in [1.29, 1.82) is 0 Å². The van der Waals surface area contributed by atoms with Crippen LogP contribution in [0.15, 0.2) is 30.3 Å². The van der Waals surface area contributed by atoms with Gasteiger partial charge in [0.2, 0.25) is 0 Å². The molecule has 0 N–H and O–H groups in total.